The van der Waals surface area contributed by atoms with Crippen molar-refractivity contribution in [3.63, 3.8) is 0 Å². The zero-order chi connectivity index (χ0) is 25.0. The number of rotatable bonds is 6. The molecule has 0 atom stereocenters. The van der Waals surface area contributed by atoms with Gasteiger partial charge in [0.05, 0.1) is 11.4 Å². The molecule has 0 unspecified atom stereocenters. The fraction of sp³-hybridized carbons (Fsp3) is 0. The molecule has 1 heterocycles. The third-order valence-corrected chi connectivity index (χ3v) is 6.49. The second-order valence-corrected chi connectivity index (χ2v) is 8.89. The minimum atomic E-state index is 0.0132. The quantitative estimate of drug-likeness (QED) is 0.246. The molecule has 37 heavy (non-hydrogen) atoms. The lowest BCUT2D eigenvalue weighted by molar-refractivity contribution is 0.103. The summed E-state index contributed by atoms with van der Waals surface area (Å²) < 4.78 is 0. The first-order valence-corrected chi connectivity index (χ1v) is 12.3. The van der Waals surface area contributed by atoms with Gasteiger partial charge in [-0.05, 0) is 11.1 Å². The Hall–Kier alpha value is -5.02. The molecule has 6 rings (SSSR count). The van der Waals surface area contributed by atoms with Crippen LogP contribution in [0, 0.1) is 0 Å². The summed E-state index contributed by atoms with van der Waals surface area (Å²) in [6, 6.07) is 46.1. The van der Waals surface area contributed by atoms with Crippen molar-refractivity contribution in [2.24, 2.45) is 0 Å². The summed E-state index contributed by atoms with van der Waals surface area (Å²) in [6.45, 7) is 0. The first-order chi connectivity index (χ1) is 18.3. The smallest absolute Gasteiger partial charge is 0.193 e. The van der Waals surface area contributed by atoms with Crippen molar-refractivity contribution < 1.29 is 4.79 Å². The fourth-order valence-electron chi connectivity index (χ4n) is 4.52. The molecule has 5 aromatic carbocycles. The lowest BCUT2D eigenvalue weighted by atomic mass is 10.00. The molecule has 3 nitrogen and oxygen atoms in total. The molecule has 6 aromatic rings. The number of nitrogens with zero attached hydrogens (tertiary/aromatic N) is 1. The molecule has 0 saturated heterocycles. The third-order valence-electron chi connectivity index (χ3n) is 6.49. The van der Waals surface area contributed by atoms with E-state index in [2.05, 4.69) is 53.5 Å². The van der Waals surface area contributed by atoms with Crippen LogP contribution in [0.5, 0.6) is 0 Å². The Morgan fingerprint density at radius 3 is 1.54 bits per heavy atom. The van der Waals surface area contributed by atoms with Gasteiger partial charge in [0.2, 0.25) is 0 Å². The van der Waals surface area contributed by atoms with E-state index in [1.54, 1.807) is 0 Å². The highest BCUT2D eigenvalue weighted by atomic mass is 16.1. The predicted molar refractivity (Wildman–Crippen MR) is 150 cm³/mol. The molecular weight excluding hydrogens is 452 g/mol. The molecule has 0 aliphatic heterocycles. The van der Waals surface area contributed by atoms with E-state index in [-0.39, 0.29) is 5.78 Å². The largest absolute Gasteiger partial charge is 0.337 e. The van der Waals surface area contributed by atoms with Gasteiger partial charge in [0.1, 0.15) is 5.82 Å². The van der Waals surface area contributed by atoms with E-state index in [0.29, 0.717) is 11.1 Å². The lowest BCUT2D eigenvalue weighted by Gasteiger charge is -2.05. The molecule has 176 valence electrons. The van der Waals surface area contributed by atoms with Crippen LogP contribution in [-0.4, -0.2) is 15.8 Å². The molecule has 0 saturated carbocycles. The van der Waals surface area contributed by atoms with Gasteiger partial charge in [0, 0.05) is 27.8 Å². The molecule has 3 heteroatoms. The van der Waals surface area contributed by atoms with Crippen molar-refractivity contribution in [1.29, 1.82) is 0 Å². The Morgan fingerprint density at radius 2 is 0.919 bits per heavy atom. The number of carbonyl (C=O) groups excluding carboxylic acids is 1. The summed E-state index contributed by atoms with van der Waals surface area (Å²) in [5.41, 5.74) is 8.52. The number of imidazole rings is 1. The van der Waals surface area contributed by atoms with Crippen LogP contribution in [0.4, 0.5) is 0 Å². The third kappa shape index (κ3) is 4.63. The van der Waals surface area contributed by atoms with Gasteiger partial charge < -0.3 is 4.98 Å². The van der Waals surface area contributed by atoms with Crippen LogP contribution < -0.4 is 0 Å². The van der Waals surface area contributed by atoms with Crippen molar-refractivity contribution in [2.75, 3.05) is 0 Å². The normalized spacial score (nSPS) is 10.8. The van der Waals surface area contributed by atoms with E-state index in [1.807, 2.05) is 91.0 Å². The summed E-state index contributed by atoms with van der Waals surface area (Å²) in [5.74, 6) is 0.817. The monoisotopic (exact) mass is 476 g/mol. The molecular formula is C34H24N2O. The van der Waals surface area contributed by atoms with Crippen LogP contribution in [-0.2, 0) is 0 Å². The van der Waals surface area contributed by atoms with Crippen LogP contribution >= 0.6 is 0 Å². The molecule has 0 spiro atoms. The van der Waals surface area contributed by atoms with E-state index >= 15 is 0 Å². The molecule has 1 N–H and O–H groups in total. The van der Waals surface area contributed by atoms with Gasteiger partial charge in [-0.1, -0.05) is 140 Å². The Balaban J connectivity index is 1.37. The molecule has 0 aliphatic carbocycles. The minimum Gasteiger partial charge on any atom is -0.337 e. The average Bonchev–Trinajstić information content (AvgIpc) is 3.44. The Kier molecular flexibility index (Phi) is 6.02. The van der Waals surface area contributed by atoms with Crippen molar-refractivity contribution in [3.05, 3.63) is 151 Å². The SMILES string of the molecule is O=C(c1ccccc1)c1ccc(-c2[nH]c(-c3ccc(-c4ccccc4)cc3)nc2-c2ccccc2)cc1. The summed E-state index contributed by atoms with van der Waals surface area (Å²) >= 11 is 0. The standard InChI is InChI=1S/C34H24N2O/c37-33(28-14-8-3-9-15-28)29-20-18-27(19-21-29)32-31(26-12-6-2-7-13-26)35-34(36-32)30-22-16-25(17-23-30)24-10-4-1-5-11-24/h1-23H,(H,35,36). The first kappa shape index (κ1) is 22.4. The van der Waals surface area contributed by atoms with Gasteiger partial charge in [-0.15, -0.1) is 0 Å². The zero-order valence-electron chi connectivity index (χ0n) is 20.1. The zero-order valence-corrected chi connectivity index (χ0v) is 20.1. The summed E-state index contributed by atoms with van der Waals surface area (Å²) in [5, 5.41) is 0. The van der Waals surface area contributed by atoms with Gasteiger partial charge in [-0.3, -0.25) is 4.79 Å². The number of hydrogen-bond acceptors (Lipinski definition) is 2. The highest BCUT2D eigenvalue weighted by molar-refractivity contribution is 6.09. The second kappa shape index (κ2) is 9.92. The van der Waals surface area contributed by atoms with Gasteiger partial charge >= 0.3 is 0 Å². The number of nitrogens with one attached hydrogen (secondary N) is 1. The van der Waals surface area contributed by atoms with E-state index in [1.165, 1.54) is 5.56 Å². The number of carbonyl (C=O) groups is 1. The Labute approximate surface area is 216 Å². The highest BCUT2D eigenvalue weighted by Crippen LogP contribution is 2.34. The second-order valence-electron chi connectivity index (χ2n) is 8.89. The Bertz CT molecular complexity index is 1640. The van der Waals surface area contributed by atoms with E-state index < -0.39 is 0 Å². The van der Waals surface area contributed by atoms with Gasteiger partial charge in [0.15, 0.2) is 5.78 Å². The molecule has 0 radical (unpaired) electrons. The fourth-order valence-corrected chi connectivity index (χ4v) is 4.52. The number of aromatic nitrogens is 2. The lowest BCUT2D eigenvalue weighted by Crippen LogP contribution is -2.00. The topological polar surface area (TPSA) is 45.8 Å². The van der Waals surface area contributed by atoms with Gasteiger partial charge in [-0.25, -0.2) is 4.98 Å². The maximum absolute atomic E-state index is 12.9. The minimum absolute atomic E-state index is 0.0132. The van der Waals surface area contributed by atoms with E-state index in [4.69, 9.17) is 4.98 Å². The maximum atomic E-state index is 12.9. The molecule has 1 aromatic heterocycles. The maximum Gasteiger partial charge on any atom is 0.193 e. The van der Waals surface area contributed by atoms with Crippen LogP contribution in [0.2, 0.25) is 0 Å². The van der Waals surface area contributed by atoms with Crippen molar-refractivity contribution in [3.8, 4) is 45.0 Å². The van der Waals surface area contributed by atoms with Crippen molar-refractivity contribution in [2.45, 2.75) is 0 Å². The molecule has 0 fully saturated rings. The predicted octanol–water partition coefficient (Wildman–Crippen LogP) is 8.31. The first-order valence-electron chi connectivity index (χ1n) is 12.3. The molecule has 0 amide bonds. The van der Waals surface area contributed by atoms with Gasteiger partial charge in [0.25, 0.3) is 0 Å². The summed E-state index contributed by atoms with van der Waals surface area (Å²) in [7, 11) is 0. The van der Waals surface area contributed by atoms with Crippen LogP contribution in [0.1, 0.15) is 15.9 Å². The average molecular weight is 477 g/mol. The molecule has 0 bridgehead atoms. The van der Waals surface area contributed by atoms with Gasteiger partial charge in [-0.2, -0.15) is 0 Å². The van der Waals surface area contributed by atoms with Crippen molar-refractivity contribution in [1.82, 2.24) is 9.97 Å². The van der Waals surface area contributed by atoms with Crippen LogP contribution in [0.15, 0.2) is 140 Å². The highest BCUT2D eigenvalue weighted by Gasteiger charge is 2.16. The van der Waals surface area contributed by atoms with Crippen LogP contribution in [0.3, 0.4) is 0 Å². The summed E-state index contributed by atoms with van der Waals surface area (Å²) in [6.07, 6.45) is 0. The summed E-state index contributed by atoms with van der Waals surface area (Å²) in [4.78, 5) is 21.5. The number of benzene rings is 5. The number of aromatic amines is 1. The number of ketones is 1. The van der Waals surface area contributed by atoms with E-state index in [9.17, 15) is 4.79 Å². The Morgan fingerprint density at radius 1 is 0.459 bits per heavy atom. The van der Waals surface area contributed by atoms with E-state index in [0.717, 1.165) is 39.5 Å². The van der Waals surface area contributed by atoms with Crippen LogP contribution in [0.25, 0.3) is 45.0 Å². The van der Waals surface area contributed by atoms with Crippen molar-refractivity contribution >= 4 is 5.78 Å². The molecule has 0 aliphatic rings. The number of H-pyrrole nitrogens is 1. The number of hydrogen-bond donors (Lipinski definition) is 1.